The first kappa shape index (κ1) is 14.8. The normalized spacial score (nSPS) is 11.2. The van der Waals surface area contributed by atoms with E-state index >= 15 is 0 Å². The SMILES string of the molecule is COC(=O)c1ccc(N=Cc2c(O)[nH]c3cc(C)ccc23)cc1. The summed E-state index contributed by atoms with van der Waals surface area (Å²) >= 11 is 0. The van der Waals surface area contributed by atoms with Crippen molar-refractivity contribution in [2.75, 3.05) is 7.11 Å². The molecule has 1 aromatic heterocycles. The van der Waals surface area contributed by atoms with Crippen molar-refractivity contribution in [1.29, 1.82) is 0 Å². The number of aromatic nitrogens is 1. The van der Waals surface area contributed by atoms with Crippen LogP contribution in [0.1, 0.15) is 21.5 Å². The molecule has 3 rings (SSSR count). The molecule has 0 bridgehead atoms. The van der Waals surface area contributed by atoms with Gasteiger partial charge >= 0.3 is 5.97 Å². The van der Waals surface area contributed by atoms with Gasteiger partial charge in [-0.25, -0.2) is 4.79 Å². The van der Waals surface area contributed by atoms with E-state index < -0.39 is 0 Å². The highest BCUT2D eigenvalue weighted by Gasteiger charge is 2.09. The Kier molecular flexibility index (Phi) is 3.85. The van der Waals surface area contributed by atoms with Gasteiger partial charge in [0.15, 0.2) is 5.88 Å². The molecule has 0 radical (unpaired) electrons. The molecule has 0 spiro atoms. The number of fused-ring (bicyclic) bond motifs is 1. The number of hydrogen-bond acceptors (Lipinski definition) is 4. The fourth-order valence-electron chi connectivity index (χ4n) is 2.39. The number of methoxy groups -OCH3 is 1. The van der Waals surface area contributed by atoms with E-state index in [0.29, 0.717) is 16.8 Å². The molecule has 1 heterocycles. The van der Waals surface area contributed by atoms with Crippen molar-refractivity contribution in [3.8, 4) is 5.88 Å². The van der Waals surface area contributed by atoms with Crippen LogP contribution in [0.2, 0.25) is 0 Å². The van der Waals surface area contributed by atoms with Crippen molar-refractivity contribution in [3.63, 3.8) is 0 Å². The van der Waals surface area contributed by atoms with Gasteiger partial charge in [0.05, 0.1) is 23.9 Å². The predicted molar refractivity (Wildman–Crippen MR) is 89.7 cm³/mol. The Morgan fingerprint density at radius 2 is 1.96 bits per heavy atom. The highest BCUT2D eigenvalue weighted by molar-refractivity contribution is 6.02. The molecular weight excluding hydrogens is 292 g/mol. The molecule has 0 aliphatic heterocycles. The van der Waals surface area contributed by atoms with Crippen molar-refractivity contribution in [3.05, 3.63) is 59.2 Å². The van der Waals surface area contributed by atoms with Crippen LogP contribution in [0, 0.1) is 6.92 Å². The van der Waals surface area contributed by atoms with Crippen molar-refractivity contribution in [2.24, 2.45) is 4.99 Å². The first-order chi connectivity index (χ1) is 11.1. The van der Waals surface area contributed by atoms with Gasteiger partial charge in [0.1, 0.15) is 0 Å². The quantitative estimate of drug-likeness (QED) is 0.572. The summed E-state index contributed by atoms with van der Waals surface area (Å²) in [6.07, 6.45) is 1.61. The zero-order valence-corrected chi connectivity index (χ0v) is 12.8. The molecule has 0 amide bonds. The van der Waals surface area contributed by atoms with Crippen LogP contribution in [0.5, 0.6) is 5.88 Å². The van der Waals surface area contributed by atoms with E-state index in [1.807, 2.05) is 25.1 Å². The molecule has 0 atom stereocenters. The first-order valence-electron chi connectivity index (χ1n) is 7.12. The number of nitrogens with one attached hydrogen (secondary N) is 1. The van der Waals surface area contributed by atoms with Crippen LogP contribution in [0.3, 0.4) is 0 Å². The number of hydrogen-bond donors (Lipinski definition) is 2. The van der Waals surface area contributed by atoms with Crippen molar-refractivity contribution in [1.82, 2.24) is 4.98 Å². The van der Waals surface area contributed by atoms with E-state index in [-0.39, 0.29) is 11.8 Å². The molecule has 5 nitrogen and oxygen atoms in total. The zero-order chi connectivity index (χ0) is 16.4. The first-order valence-corrected chi connectivity index (χ1v) is 7.12. The Morgan fingerprint density at radius 3 is 2.65 bits per heavy atom. The maximum Gasteiger partial charge on any atom is 0.337 e. The van der Waals surface area contributed by atoms with Crippen LogP contribution in [-0.4, -0.2) is 29.4 Å². The highest BCUT2D eigenvalue weighted by Crippen LogP contribution is 2.27. The topological polar surface area (TPSA) is 74.7 Å². The molecule has 23 heavy (non-hydrogen) atoms. The summed E-state index contributed by atoms with van der Waals surface area (Å²) in [6, 6.07) is 12.6. The summed E-state index contributed by atoms with van der Waals surface area (Å²) in [5.74, 6) is -0.300. The summed E-state index contributed by atoms with van der Waals surface area (Å²) < 4.78 is 4.65. The minimum Gasteiger partial charge on any atom is -0.494 e. The number of esters is 1. The third kappa shape index (κ3) is 2.94. The minimum absolute atomic E-state index is 0.0838. The van der Waals surface area contributed by atoms with Crippen LogP contribution in [0.15, 0.2) is 47.5 Å². The van der Waals surface area contributed by atoms with E-state index in [4.69, 9.17) is 0 Å². The van der Waals surface area contributed by atoms with E-state index in [1.165, 1.54) is 7.11 Å². The van der Waals surface area contributed by atoms with Crippen LogP contribution < -0.4 is 0 Å². The number of carbonyl (C=O) groups is 1. The van der Waals surface area contributed by atoms with E-state index in [0.717, 1.165) is 16.5 Å². The lowest BCUT2D eigenvalue weighted by Crippen LogP contribution is -1.99. The Hall–Kier alpha value is -3.08. The molecular formula is C18H16N2O3. The number of aryl methyl sites for hydroxylation is 1. The molecule has 116 valence electrons. The second kappa shape index (κ2) is 5.96. The number of aromatic hydroxyl groups is 1. The molecule has 0 aliphatic carbocycles. The lowest BCUT2D eigenvalue weighted by atomic mass is 10.1. The second-order valence-electron chi connectivity index (χ2n) is 5.23. The van der Waals surface area contributed by atoms with Gasteiger partial charge in [-0.2, -0.15) is 0 Å². The Morgan fingerprint density at radius 1 is 1.22 bits per heavy atom. The van der Waals surface area contributed by atoms with Gasteiger partial charge in [0, 0.05) is 17.1 Å². The minimum atomic E-state index is -0.384. The van der Waals surface area contributed by atoms with Gasteiger partial charge in [-0.1, -0.05) is 12.1 Å². The van der Waals surface area contributed by atoms with E-state index in [1.54, 1.807) is 30.5 Å². The van der Waals surface area contributed by atoms with Gasteiger partial charge < -0.3 is 14.8 Å². The summed E-state index contributed by atoms with van der Waals surface area (Å²) in [5.41, 5.74) is 3.76. The Bertz CT molecular complexity index is 893. The maximum atomic E-state index is 11.4. The largest absolute Gasteiger partial charge is 0.494 e. The van der Waals surface area contributed by atoms with Gasteiger partial charge in [-0.3, -0.25) is 4.99 Å². The van der Waals surface area contributed by atoms with Gasteiger partial charge in [0.25, 0.3) is 0 Å². The molecule has 2 N–H and O–H groups in total. The predicted octanol–water partition coefficient (Wildman–Crippen LogP) is 3.72. The van der Waals surface area contributed by atoms with Crippen LogP contribution in [-0.2, 0) is 4.74 Å². The summed E-state index contributed by atoms with van der Waals surface area (Å²) in [7, 11) is 1.34. The number of ether oxygens (including phenoxy) is 1. The van der Waals surface area contributed by atoms with Gasteiger partial charge in [0.2, 0.25) is 0 Å². The summed E-state index contributed by atoms with van der Waals surface area (Å²) in [4.78, 5) is 18.7. The number of H-pyrrole nitrogens is 1. The Labute approximate surface area is 133 Å². The van der Waals surface area contributed by atoms with Crippen LogP contribution in [0.25, 0.3) is 10.9 Å². The van der Waals surface area contributed by atoms with Crippen LogP contribution in [0.4, 0.5) is 5.69 Å². The monoisotopic (exact) mass is 308 g/mol. The van der Waals surface area contributed by atoms with Crippen molar-refractivity contribution < 1.29 is 14.6 Å². The fourth-order valence-corrected chi connectivity index (χ4v) is 2.39. The lowest BCUT2D eigenvalue weighted by molar-refractivity contribution is 0.0601. The second-order valence-corrected chi connectivity index (χ2v) is 5.23. The van der Waals surface area contributed by atoms with Crippen LogP contribution >= 0.6 is 0 Å². The lowest BCUT2D eigenvalue weighted by Gasteiger charge is -1.99. The van der Waals surface area contributed by atoms with Gasteiger partial charge in [-0.05, 0) is 42.8 Å². The highest BCUT2D eigenvalue weighted by atomic mass is 16.5. The molecule has 0 fully saturated rings. The average molecular weight is 308 g/mol. The fraction of sp³-hybridized carbons (Fsp3) is 0.111. The Balaban J connectivity index is 1.91. The molecule has 0 unspecified atom stereocenters. The van der Waals surface area contributed by atoms with Crippen molar-refractivity contribution >= 4 is 28.8 Å². The number of aliphatic imine (C=N–C) groups is 1. The molecule has 0 aliphatic rings. The number of carbonyl (C=O) groups excluding carboxylic acids is 1. The molecule has 0 saturated carbocycles. The summed E-state index contributed by atoms with van der Waals surface area (Å²) in [6.45, 7) is 1.99. The standard InChI is InChI=1S/C18H16N2O3/c1-11-3-8-14-15(17(21)20-16(14)9-11)10-19-13-6-4-12(5-7-13)18(22)23-2/h3-10,20-21H,1-2H3. The number of benzene rings is 2. The summed E-state index contributed by atoms with van der Waals surface area (Å²) in [5, 5.41) is 10.9. The maximum absolute atomic E-state index is 11.4. The smallest absolute Gasteiger partial charge is 0.337 e. The van der Waals surface area contributed by atoms with Crippen molar-refractivity contribution in [2.45, 2.75) is 6.92 Å². The zero-order valence-electron chi connectivity index (χ0n) is 12.8. The number of rotatable bonds is 3. The third-order valence-corrected chi connectivity index (χ3v) is 3.60. The van der Waals surface area contributed by atoms with Gasteiger partial charge in [-0.15, -0.1) is 0 Å². The number of aromatic amines is 1. The van der Waals surface area contributed by atoms with E-state index in [9.17, 15) is 9.90 Å². The molecule has 3 aromatic rings. The number of nitrogens with zero attached hydrogens (tertiary/aromatic N) is 1. The molecule has 5 heteroatoms. The average Bonchev–Trinajstić information content (AvgIpc) is 2.87. The third-order valence-electron chi connectivity index (χ3n) is 3.60. The molecule has 2 aromatic carbocycles. The molecule has 0 saturated heterocycles. The van der Waals surface area contributed by atoms with E-state index in [2.05, 4.69) is 14.7 Å².